The number of hydrogen-bond donors (Lipinski definition) is 2. The molecule has 5 rings (SSSR count). The van der Waals surface area contributed by atoms with Crippen molar-refractivity contribution in [3.8, 4) is 40.5 Å². The molecule has 1 aliphatic heterocycles. The van der Waals surface area contributed by atoms with Gasteiger partial charge in [-0.3, -0.25) is 15.2 Å². The van der Waals surface area contributed by atoms with Crippen molar-refractivity contribution < 1.29 is 28.7 Å². The minimum absolute atomic E-state index is 0.0174. The molecule has 0 aliphatic carbocycles. The van der Waals surface area contributed by atoms with Crippen LogP contribution in [0.5, 0.6) is 23.1 Å². The van der Waals surface area contributed by atoms with Crippen molar-refractivity contribution in [3.63, 3.8) is 0 Å². The Kier molecular flexibility index (Phi) is 7.09. The largest absolute Gasteiger partial charge is 0.497 e. The van der Waals surface area contributed by atoms with Crippen LogP contribution >= 0.6 is 11.3 Å². The van der Waals surface area contributed by atoms with Gasteiger partial charge in [0.1, 0.15) is 22.3 Å². The fourth-order valence-corrected chi connectivity index (χ4v) is 4.97. The highest BCUT2D eigenvalue weighted by Crippen LogP contribution is 2.49. The van der Waals surface area contributed by atoms with Crippen LogP contribution in [0.4, 0.5) is 5.69 Å². The Labute approximate surface area is 231 Å². The second-order valence-corrected chi connectivity index (χ2v) is 9.34. The zero-order valence-electron chi connectivity index (χ0n) is 21.2. The van der Waals surface area contributed by atoms with E-state index in [4.69, 9.17) is 24.7 Å². The van der Waals surface area contributed by atoms with Gasteiger partial charge in [0.15, 0.2) is 5.75 Å². The number of methoxy groups -OCH3 is 1. The number of nitrogens with one attached hydrogen (secondary N) is 1. The molecule has 0 spiro atoms. The maximum atomic E-state index is 12.7. The molecule has 0 fully saturated rings. The number of nitrogens with two attached hydrogens (primary N) is 1. The van der Waals surface area contributed by atoms with Crippen LogP contribution in [0.25, 0.3) is 11.3 Å². The second-order valence-electron chi connectivity index (χ2n) is 8.39. The number of carbonyl (C=O) groups is 1. The summed E-state index contributed by atoms with van der Waals surface area (Å²) in [6, 6.07) is 15.1. The van der Waals surface area contributed by atoms with Crippen LogP contribution < -0.4 is 24.7 Å². The predicted octanol–water partition coefficient (Wildman–Crippen LogP) is 4.89. The molecule has 3 heterocycles. The van der Waals surface area contributed by atoms with E-state index in [1.54, 1.807) is 55.8 Å². The number of rotatable bonds is 8. The highest BCUT2D eigenvalue weighted by molar-refractivity contribution is 7.12. The summed E-state index contributed by atoms with van der Waals surface area (Å²) in [6.45, 7) is 1.81. The molecule has 202 valence electrons. The van der Waals surface area contributed by atoms with Crippen LogP contribution in [-0.4, -0.2) is 34.8 Å². The molecule has 2 aromatic carbocycles. The van der Waals surface area contributed by atoms with Crippen LogP contribution in [0, 0.1) is 21.4 Å². The molecular formula is C27H21N5O7S. The van der Waals surface area contributed by atoms with Crippen LogP contribution in [-0.2, 0) is 0 Å². The fraction of sp³-hybridized carbons (Fsp3) is 0.148. The Hall–Kier alpha value is -5.35. The molecule has 12 nitrogen and oxygen atoms in total. The van der Waals surface area contributed by atoms with Gasteiger partial charge in [0.05, 0.1) is 35.8 Å². The first-order valence-electron chi connectivity index (χ1n) is 11.9. The summed E-state index contributed by atoms with van der Waals surface area (Å²) in [5, 5.41) is 31.2. The molecule has 3 N–H and O–H groups in total. The number of aromatic amines is 1. The molecule has 4 aromatic rings. The van der Waals surface area contributed by atoms with Gasteiger partial charge in [0.2, 0.25) is 17.5 Å². The number of fused-ring (bicyclic) bond motifs is 1. The van der Waals surface area contributed by atoms with Gasteiger partial charge in [-0.1, -0.05) is 6.07 Å². The molecule has 1 atom stereocenters. The average Bonchev–Trinajstić information content (AvgIpc) is 3.64. The van der Waals surface area contributed by atoms with E-state index in [2.05, 4.69) is 16.3 Å². The Morgan fingerprint density at radius 1 is 1.30 bits per heavy atom. The number of aromatic nitrogens is 2. The lowest BCUT2D eigenvalue weighted by Gasteiger charge is -2.25. The van der Waals surface area contributed by atoms with Crippen LogP contribution in [0.1, 0.15) is 33.6 Å². The summed E-state index contributed by atoms with van der Waals surface area (Å²) in [5.74, 6) is -1.53. The first kappa shape index (κ1) is 26.3. The quantitative estimate of drug-likeness (QED) is 0.131. The molecule has 13 heteroatoms. The fourth-order valence-electron chi connectivity index (χ4n) is 4.37. The Bertz CT molecular complexity index is 1670. The molecule has 0 saturated heterocycles. The summed E-state index contributed by atoms with van der Waals surface area (Å²) in [6.07, 6.45) is 0. The van der Waals surface area contributed by atoms with E-state index < -0.39 is 22.5 Å². The predicted molar refractivity (Wildman–Crippen MR) is 143 cm³/mol. The van der Waals surface area contributed by atoms with Crippen molar-refractivity contribution in [1.29, 1.82) is 5.26 Å². The lowest BCUT2D eigenvalue weighted by Crippen LogP contribution is -2.21. The van der Waals surface area contributed by atoms with E-state index in [1.165, 1.54) is 12.1 Å². The van der Waals surface area contributed by atoms with E-state index >= 15 is 0 Å². The summed E-state index contributed by atoms with van der Waals surface area (Å²) >= 11 is 1.13. The van der Waals surface area contributed by atoms with Crippen molar-refractivity contribution in [2.24, 2.45) is 5.73 Å². The van der Waals surface area contributed by atoms with Crippen molar-refractivity contribution in [2.75, 3.05) is 13.7 Å². The monoisotopic (exact) mass is 559 g/mol. The normalized spacial score (nSPS) is 14.1. The number of nitriles is 1. The van der Waals surface area contributed by atoms with Crippen molar-refractivity contribution >= 4 is 23.0 Å². The number of hydrogen-bond acceptors (Lipinski definition) is 11. The van der Waals surface area contributed by atoms with Gasteiger partial charge < -0.3 is 24.7 Å². The second kappa shape index (κ2) is 10.8. The third kappa shape index (κ3) is 4.67. The van der Waals surface area contributed by atoms with Gasteiger partial charge in [-0.25, -0.2) is 4.79 Å². The highest BCUT2D eigenvalue weighted by atomic mass is 32.1. The molecule has 40 heavy (non-hydrogen) atoms. The molecule has 0 amide bonds. The summed E-state index contributed by atoms with van der Waals surface area (Å²) in [7, 11) is 1.55. The molecule has 0 radical (unpaired) electrons. The zero-order chi connectivity index (χ0) is 28.4. The Morgan fingerprint density at radius 3 is 2.70 bits per heavy atom. The summed E-state index contributed by atoms with van der Waals surface area (Å²) in [5.41, 5.74) is 7.52. The maximum absolute atomic E-state index is 12.7. The van der Waals surface area contributed by atoms with E-state index in [0.29, 0.717) is 22.6 Å². The van der Waals surface area contributed by atoms with Crippen molar-refractivity contribution in [1.82, 2.24) is 10.2 Å². The number of allylic oxidation sites excluding steroid dienone is 1. The molecule has 0 saturated carbocycles. The minimum Gasteiger partial charge on any atom is -0.497 e. The minimum atomic E-state index is -0.926. The number of benzene rings is 2. The number of thiophene rings is 1. The van der Waals surface area contributed by atoms with Gasteiger partial charge in [-0.2, -0.15) is 5.26 Å². The summed E-state index contributed by atoms with van der Waals surface area (Å²) < 4.78 is 22.1. The standard InChI is InChI=1S/C27H21N5O7S/c1-3-37-19-12-15(11-18(32(34)35)24(19)38-27(33)20-5-4-10-40-20)21-17(13-28)25(29)39-26-22(21)23(30-31-26)14-6-8-16(36-2)9-7-14/h4-12,21H,3,29H2,1-2H3,(H,30,31). The lowest BCUT2D eigenvalue weighted by molar-refractivity contribution is -0.385. The van der Waals surface area contributed by atoms with E-state index in [0.717, 1.165) is 11.3 Å². The van der Waals surface area contributed by atoms with Gasteiger partial charge in [0, 0.05) is 11.6 Å². The van der Waals surface area contributed by atoms with Crippen molar-refractivity contribution in [2.45, 2.75) is 12.8 Å². The molecule has 2 aromatic heterocycles. The smallest absolute Gasteiger partial charge is 0.354 e. The van der Waals surface area contributed by atoms with Gasteiger partial charge in [0.25, 0.3) is 0 Å². The zero-order valence-corrected chi connectivity index (χ0v) is 22.0. The highest BCUT2D eigenvalue weighted by Gasteiger charge is 2.38. The lowest BCUT2D eigenvalue weighted by atomic mass is 9.82. The summed E-state index contributed by atoms with van der Waals surface area (Å²) in [4.78, 5) is 24.5. The molecule has 1 aliphatic rings. The van der Waals surface area contributed by atoms with Crippen LogP contribution in [0.2, 0.25) is 0 Å². The van der Waals surface area contributed by atoms with E-state index in [1.807, 2.05) is 0 Å². The first-order valence-corrected chi connectivity index (χ1v) is 12.7. The average molecular weight is 560 g/mol. The van der Waals surface area contributed by atoms with Gasteiger partial charge in [-0.15, -0.1) is 16.4 Å². The van der Waals surface area contributed by atoms with Crippen molar-refractivity contribution in [3.05, 3.63) is 91.5 Å². The third-order valence-electron chi connectivity index (χ3n) is 6.12. The maximum Gasteiger partial charge on any atom is 0.354 e. The van der Waals surface area contributed by atoms with Crippen LogP contribution in [0.3, 0.4) is 0 Å². The number of ether oxygens (including phenoxy) is 4. The molecule has 0 bridgehead atoms. The third-order valence-corrected chi connectivity index (χ3v) is 6.97. The van der Waals surface area contributed by atoms with Gasteiger partial charge >= 0.3 is 11.7 Å². The number of esters is 1. The molecule has 1 unspecified atom stereocenters. The van der Waals surface area contributed by atoms with E-state index in [-0.39, 0.29) is 45.9 Å². The Balaban J connectivity index is 1.69. The SMILES string of the molecule is CCOc1cc(C2C(C#N)=C(N)Oc3n[nH]c(-c4ccc(OC)cc4)c32)cc([N+](=O)[O-])c1OC(=O)c1cccs1. The number of nitrogens with zero attached hydrogens (tertiary/aromatic N) is 3. The first-order chi connectivity index (χ1) is 19.4. The Morgan fingerprint density at radius 2 is 2.08 bits per heavy atom. The van der Waals surface area contributed by atoms with Crippen LogP contribution in [0.15, 0.2) is 65.4 Å². The van der Waals surface area contributed by atoms with E-state index in [9.17, 15) is 20.2 Å². The number of nitro benzene ring substituents is 1. The topological polar surface area (TPSA) is 176 Å². The number of H-pyrrole nitrogens is 1. The number of nitro groups is 1. The number of carbonyl (C=O) groups excluding carboxylic acids is 1. The molecular weight excluding hydrogens is 538 g/mol. The van der Waals surface area contributed by atoms with Gasteiger partial charge in [-0.05, 0) is 54.3 Å².